The number of aryl methyl sites for hydroxylation is 1. The van der Waals surface area contributed by atoms with Crippen molar-refractivity contribution in [3.8, 4) is 0 Å². The van der Waals surface area contributed by atoms with Gasteiger partial charge in [0.25, 0.3) is 0 Å². The predicted molar refractivity (Wildman–Crippen MR) is 257 cm³/mol. The van der Waals surface area contributed by atoms with E-state index in [1.165, 1.54) is 11.9 Å². The van der Waals surface area contributed by atoms with E-state index in [9.17, 15) is 24.0 Å². The largest absolute Gasteiger partial charge is 0.462 e. The number of imide groups is 1. The molecule has 6 heterocycles. The average Bonchev–Trinajstić information content (AvgIpc) is 3.78. The van der Waals surface area contributed by atoms with E-state index in [0.29, 0.717) is 48.0 Å². The lowest BCUT2D eigenvalue weighted by Crippen LogP contribution is -2.54. The smallest absolute Gasteiger partial charge is 0.343 e. The van der Waals surface area contributed by atoms with Crippen molar-refractivity contribution in [1.82, 2.24) is 44.7 Å². The molecule has 4 saturated heterocycles. The zero-order valence-electron chi connectivity index (χ0n) is 40.0. The van der Waals surface area contributed by atoms with Crippen LogP contribution >= 0.6 is 0 Å². The fourth-order valence-corrected chi connectivity index (χ4v) is 11.5. The Morgan fingerprint density at radius 2 is 1.43 bits per heavy atom. The van der Waals surface area contributed by atoms with Crippen LogP contribution in [0, 0.1) is 17.8 Å². The Morgan fingerprint density at radius 1 is 0.765 bits per heavy atom. The highest BCUT2D eigenvalue weighted by molar-refractivity contribution is 6.01. The van der Waals surface area contributed by atoms with Crippen LogP contribution in [-0.4, -0.2) is 160 Å². The molecule has 3 aromatic rings. The molecule has 18 nitrogen and oxygen atoms in total. The lowest BCUT2D eigenvalue weighted by atomic mass is 9.80. The van der Waals surface area contributed by atoms with E-state index >= 15 is 0 Å². The maximum Gasteiger partial charge on any atom is 0.343 e. The molecule has 9 rings (SSSR count). The number of rotatable bonds is 13. The third-order valence-electron chi connectivity index (χ3n) is 15.6. The molecular formula is C50H70N12O6. The van der Waals surface area contributed by atoms with E-state index in [-0.39, 0.29) is 48.1 Å². The minimum Gasteiger partial charge on any atom is -0.462 e. The maximum atomic E-state index is 13.8. The summed E-state index contributed by atoms with van der Waals surface area (Å²) in [5.74, 6) is 0.949. The Hall–Kier alpha value is -5.62. The van der Waals surface area contributed by atoms with Crippen LogP contribution in [0.25, 0.3) is 0 Å². The topological polar surface area (TPSA) is 190 Å². The Morgan fingerprint density at radius 3 is 2.04 bits per heavy atom. The van der Waals surface area contributed by atoms with E-state index in [2.05, 4.69) is 67.6 Å². The Kier molecular flexibility index (Phi) is 15.2. The highest BCUT2D eigenvalue weighted by Crippen LogP contribution is 2.34. The van der Waals surface area contributed by atoms with Gasteiger partial charge in [-0.1, -0.05) is 12.1 Å². The number of nitrogens with one attached hydrogen (secondary N) is 3. The van der Waals surface area contributed by atoms with Gasteiger partial charge in [0.2, 0.25) is 29.6 Å². The number of ether oxygens (including phenoxy) is 1. The molecule has 2 aromatic heterocycles. The molecular weight excluding hydrogens is 865 g/mol. The minimum atomic E-state index is -0.451. The van der Waals surface area contributed by atoms with Gasteiger partial charge in [-0.25, -0.2) is 9.78 Å². The molecule has 4 aliphatic heterocycles. The zero-order chi connectivity index (χ0) is 47.1. The van der Waals surface area contributed by atoms with Crippen LogP contribution in [0.5, 0.6) is 0 Å². The summed E-state index contributed by atoms with van der Waals surface area (Å²) in [5, 5.41) is 13.4. The van der Waals surface area contributed by atoms with Gasteiger partial charge in [0.05, 0.1) is 24.4 Å². The molecule has 2 saturated carbocycles. The Labute approximate surface area is 399 Å². The molecule has 2 aliphatic carbocycles. The molecule has 0 bridgehead atoms. The summed E-state index contributed by atoms with van der Waals surface area (Å²) in [6.07, 6.45) is 15.2. The van der Waals surface area contributed by atoms with Crippen LogP contribution in [0.1, 0.15) is 106 Å². The van der Waals surface area contributed by atoms with Crippen molar-refractivity contribution in [3.63, 3.8) is 0 Å². The first kappa shape index (κ1) is 47.4. The van der Waals surface area contributed by atoms with Crippen LogP contribution < -0.4 is 20.9 Å². The molecule has 366 valence electrons. The van der Waals surface area contributed by atoms with Crippen molar-refractivity contribution in [1.29, 1.82) is 0 Å². The molecule has 1 atom stereocenters. The summed E-state index contributed by atoms with van der Waals surface area (Å²) in [7, 11) is 1.84. The summed E-state index contributed by atoms with van der Waals surface area (Å²) < 4.78 is 7.00. The summed E-state index contributed by atoms with van der Waals surface area (Å²) in [6.45, 7) is 12.0. The van der Waals surface area contributed by atoms with Gasteiger partial charge < -0.3 is 30.1 Å². The first-order chi connectivity index (χ1) is 33.1. The van der Waals surface area contributed by atoms with Crippen LogP contribution in [0.4, 0.5) is 23.1 Å². The molecule has 0 spiro atoms. The number of anilines is 4. The maximum absolute atomic E-state index is 13.8. The number of benzene rings is 1. The molecule has 4 amide bonds. The number of hydrogen-bond donors (Lipinski definition) is 3. The molecule has 0 unspecified atom stereocenters. The standard InChI is InChI=1S/C50H70N12O6/c1-3-68-49(67)43-31-51-50(54-39-30-52-57(2)33-39)56-45(43)53-38-10-14-41(15-11-38)60-26-28-62(29-27-60)48(66)37-6-4-36(5-7-37)47(65)61-20-18-34(19-21-61)32-58-22-24-59(25-23-58)40-12-8-35(9-13-40)42-16-17-44(63)55-46(42)64/h8-9,12-13,30-31,33-34,36-38,41-42H,3-7,10-11,14-29,32H2,1-2H3,(H,55,63,64)(H2,51,53,54,56)/t36?,37?,38?,41?,42-/m1/s1. The Bertz CT molecular complexity index is 2230. The van der Waals surface area contributed by atoms with Crippen molar-refractivity contribution < 1.29 is 28.7 Å². The SMILES string of the molecule is CCOC(=O)c1cnc(Nc2cnn(C)c2)nc1NC1CCC(N2CCN(C(=O)C3CCC(C(=O)N4CCC(CN5CCN(c6ccc([C@H]7CCC(=O)NC7=O)cc6)CC5)CC4)CC3)CC2)CC1. The van der Waals surface area contributed by atoms with Gasteiger partial charge in [-0.05, 0) is 101 Å². The number of piperazine rings is 2. The molecule has 3 N–H and O–H groups in total. The predicted octanol–water partition coefficient (Wildman–Crippen LogP) is 4.39. The van der Waals surface area contributed by atoms with Crippen LogP contribution in [0.2, 0.25) is 0 Å². The second-order valence-electron chi connectivity index (χ2n) is 19.9. The van der Waals surface area contributed by atoms with Gasteiger partial charge in [0, 0.05) is 127 Å². The summed E-state index contributed by atoms with van der Waals surface area (Å²) >= 11 is 0. The van der Waals surface area contributed by atoms with Crippen molar-refractivity contribution in [2.75, 3.05) is 94.1 Å². The lowest BCUT2D eigenvalue weighted by molar-refractivity contribution is -0.143. The van der Waals surface area contributed by atoms with Gasteiger partial charge in [0.1, 0.15) is 11.4 Å². The van der Waals surface area contributed by atoms with Gasteiger partial charge >= 0.3 is 5.97 Å². The Balaban J connectivity index is 0.652. The van der Waals surface area contributed by atoms with Gasteiger partial charge in [-0.3, -0.25) is 39.0 Å². The fourth-order valence-electron chi connectivity index (χ4n) is 11.5. The van der Waals surface area contributed by atoms with Crippen LogP contribution in [-0.2, 0) is 31.0 Å². The van der Waals surface area contributed by atoms with Crippen molar-refractivity contribution >= 4 is 52.7 Å². The third kappa shape index (κ3) is 11.4. The number of nitrogens with zero attached hydrogens (tertiary/aromatic N) is 9. The number of carbonyl (C=O) groups is 5. The zero-order valence-corrected chi connectivity index (χ0v) is 40.0. The van der Waals surface area contributed by atoms with Crippen molar-refractivity contribution in [2.24, 2.45) is 24.8 Å². The number of hydrogen-bond acceptors (Lipinski definition) is 14. The number of carbonyl (C=O) groups excluding carboxylic acids is 5. The third-order valence-corrected chi connectivity index (χ3v) is 15.6. The second kappa shape index (κ2) is 21.8. The first-order valence-corrected chi connectivity index (χ1v) is 25.4. The molecule has 18 heteroatoms. The fraction of sp³-hybridized carbons (Fsp3) is 0.640. The number of amides is 4. The van der Waals surface area contributed by atoms with Gasteiger partial charge in [0.15, 0.2) is 0 Å². The van der Waals surface area contributed by atoms with E-state index < -0.39 is 5.97 Å². The highest BCUT2D eigenvalue weighted by Gasteiger charge is 2.37. The molecule has 6 aliphatic rings. The molecule has 68 heavy (non-hydrogen) atoms. The molecule has 6 fully saturated rings. The van der Waals surface area contributed by atoms with Crippen molar-refractivity contribution in [3.05, 3.63) is 54.0 Å². The summed E-state index contributed by atoms with van der Waals surface area (Å²) in [6, 6.07) is 8.90. The number of likely N-dealkylation sites (tertiary alicyclic amines) is 1. The van der Waals surface area contributed by atoms with E-state index in [1.54, 1.807) is 17.8 Å². The summed E-state index contributed by atoms with van der Waals surface area (Å²) in [5.41, 5.74) is 3.21. The molecule has 0 radical (unpaired) electrons. The highest BCUT2D eigenvalue weighted by atomic mass is 16.5. The second-order valence-corrected chi connectivity index (χ2v) is 19.9. The molecule has 1 aromatic carbocycles. The monoisotopic (exact) mass is 935 g/mol. The average molecular weight is 935 g/mol. The van der Waals surface area contributed by atoms with Crippen LogP contribution in [0.3, 0.4) is 0 Å². The minimum absolute atomic E-state index is 0.0110. The van der Waals surface area contributed by atoms with Gasteiger partial charge in [-0.2, -0.15) is 10.1 Å². The van der Waals surface area contributed by atoms with Crippen LogP contribution in [0.15, 0.2) is 42.9 Å². The summed E-state index contributed by atoms with van der Waals surface area (Å²) in [4.78, 5) is 84.9. The van der Waals surface area contributed by atoms with E-state index in [4.69, 9.17) is 4.74 Å². The van der Waals surface area contributed by atoms with E-state index in [0.717, 1.165) is 147 Å². The lowest BCUT2D eigenvalue weighted by Gasteiger charge is -2.43. The number of aromatic nitrogens is 4. The van der Waals surface area contributed by atoms with Gasteiger partial charge in [-0.15, -0.1) is 0 Å². The van der Waals surface area contributed by atoms with E-state index in [1.807, 2.05) is 25.4 Å². The normalized spacial score (nSPS) is 25.7. The number of piperidine rings is 2. The van der Waals surface area contributed by atoms with Crippen molar-refractivity contribution in [2.45, 2.75) is 102 Å². The first-order valence-electron chi connectivity index (χ1n) is 25.4. The quantitative estimate of drug-likeness (QED) is 0.162. The number of esters is 1.